The van der Waals surface area contributed by atoms with E-state index in [-0.39, 0.29) is 11.6 Å². The Morgan fingerprint density at radius 2 is 0.727 bits per heavy atom. The average molecular weight is 467 g/mol. The van der Waals surface area contributed by atoms with Gasteiger partial charge in [0.05, 0.1) is 13.2 Å². The molecular formula is C30H58O3. The first-order valence-electron chi connectivity index (χ1n) is 15.2. The highest BCUT2D eigenvalue weighted by atomic mass is 16.8. The Kier molecular flexibility index (Phi) is 16.0. The normalized spacial score (nSPS) is 24.5. The predicted octanol–water partition coefficient (Wildman–Crippen LogP) is 9.86. The monoisotopic (exact) mass is 466 g/mol. The average Bonchev–Trinajstić information content (AvgIpc) is 2.77. The summed E-state index contributed by atoms with van der Waals surface area (Å²) in [6.45, 7) is 6.29. The number of hydrogen-bond donors (Lipinski definition) is 0. The van der Waals surface area contributed by atoms with Gasteiger partial charge in [-0.3, -0.25) is 0 Å². The van der Waals surface area contributed by atoms with Crippen LogP contribution in [0, 0.1) is 0 Å². The second-order valence-electron chi connectivity index (χ2n) is 11.0. The van der Waals surface area contributed by atoms with Crippen LogP contribution in [0.1, 0.15) is 168 Å². The Morgan fingerprint density at radius 1 is 0.455 bits per heavy atom. The van der Waals surface area contributed by atoms with Gasteiger partial charge in [-0.25, -0.2) is 0 Å². The molecule has 0 saturated carbocycles. The van der Waals surface area contributed by atoms with Crippen molar-refractivity contribution in [1.29, 1.82) is 0 Å². The minimum Gasteiger partial charge on any atom is -0.349 e. The van der Waals surface area contributed by atoms with Crippen molar-refractivity contribution in [3.63, 3.8) is 0 Å². The third kappa shape index (κ3) is 12.4. The molecule has 2 heterocycles. The highest BCUT2D eigenvalue weighted by Gasteiger charge is 2.50. The van der Waals surface area contributed by atoms with Gasteiger partial charge in [0.15, 0.2) is 11.6 Å². The van der Waals surface area contributed by atoms with E-state index in [0.717, 1.165) is 38.9 Å². The fraction of sp³-hybridized carbons (Fsp3) is 1.00. The minimum atomic E-state index is -0.334. The molecule has 0 aliphatic carbocycles. The Labute approximate surface area is 207 Å². The topological polar surface area (TPSA) is 27.7 Å². The third-order valence-corrected chi connectivity index (χ3v) is 7.89. The van der Waals surface area contributed by atoms with Gasteiger partial charge in [0.1, 0.15) is 0 Å². The molecule has 2 unspecified atom stereocenters. The van der Waals surface area contributed by atoms with Crippen LogP contribution in [0.2, 0.25) is 0 Å². The molecule has 2 atom stereocenters. The van der Waals surface area contributed by atoms with Crippen molar-refractivity contribution >= 4 is 0 Å². The van der Waals surface area contributed by atoms with Crippen LogP contribution in [0.25, 0.3) is 0 Å². The van der Waals surface area contributed by atoms with Gasteiger partial charge in [-0.2, -0.15) is 0 Å². The maximum Gasteiger partial charge on any atom is 0.173 e. The molecule has 3 heteroatoms. The van der Waals surface area contributed by atoms with Crippen LogP contribution in [0.3, 0.4) is 0 Å². The van der Waals surface area contributed by atoms with Gasteiger partial charge >= 0.3 is 0 Å². The standard InChI is InChI=1S/C30H58O3/c1-3-5-7-9-11-13-15-17-19-21-23-29(25-27-31-29)33-30(26-28-32-30)24-22-20-18-16-14-12-10-8-6-4-2/h3-28H2,1-2H3. The SMILES string of the molecule is CCCCCCCCCCCCC1(OC2(CCCCCCCCCCCC)CCO2)CCO1. The van der Waals surface area contributed by atoms with Crippen molar-refractivity contribution in [1.82, 2.24) is 0 Å². The Balaban J connectivity index is 1.50. The van der Waals surface area contributed by atoms with Gasteiger partial charge < -0.3 is 14.2 Å². The minimum absolute atomic E-state index is 0.334. The summed E-state index contributed by atoms with van der Waals surface area (Å²) < 4.78 is 18.7. The van der Waals surface area contributed by atoms with Crippen molar-refractivity contribution in [2.45, 2.75) is 180 Å². The Morgan fingerprint density at radius 3 is 0.970 bits per heavy atom. The molecule has 0 amide bonds. The lowest BCUT2D eigenvalue weighted by molar-refractivity contribution is -0.432. The molecule has 2 fully saturated rings. The van der Waals surface area contributed by atoms with Crippen molar-refractivity contribution in [2.24, 2.45) is 0 Å². The third-order valence-electron chi connectivity index (χ3n) is 7.89. The van der Waals surface area contributed by atoms with E-state index >= 15 is 0 Å². The lowest BCUT2D eigenvalue weighted by atomic mass is 9.95. The van der Waals surface area contributed by atoms with Gasteiger partial charge in [-0.1, -0.05) is 129 Å². The van der Waals surface area contributed by atoms with Gasteiger partial charge in [0, 0.05) is 25.7 Å². The molecule has 2 rings (SSSR count). The molecule has 0 aromatic carbocycles. The van der Waals surface area contributed by atoms with Gasteiger partial charge in [-0.05, 0) is 12.8 Å². The largest absolute Gasteiger partial charge is 0.349 e. The van der Waals surface area contributed by atoms with E-state index < -0.39 is 0 Å². The second-order valence-corrected chi connectivity index (χ2v) is 11.0. The van der Waals surface area contributed by atoms with E-state index in [1.165, 1.54) is 128 Å². The predicted molar refractivity (Wildman–Crippen MR) is 141 cm³/mol. The van der Waals surface area contributed by atoms with E-state index in [1.807, 2.05) is 0 Å². The number of ether oxygens (including phenoxy) is 3. The van der Waals surface area contributed by atoms with Crippen LogP contribution >= 0.6 is 0 Å². The highest BCUT2D eigenvalue weighted by molar-refractivity contribution is 4.86. The van der Waals surface area contributed by atoms with Crippen LogP contribution in [-0.2, 0) is 14.2 Å². The molecule has 33 heavy (non-hydrogen) atoms. The maximum atomic E-state index is 6.62. The molecular weight excluding hydrogens is 408 g/mol. The molecule has 0 aromatic heterocycles. The molecule has 3 nitrogen and oxygen atoms in total. The summed E-state index contributed by atoms with van der Waals surface area (Å²) in [6.07, 6.45) is 31.7. The number of unbranched alkanes of at least 4 members (excludes halogenated alkanes) is 18. The van der Waals surface area contributed by atoms with E-state index in [2.05, 4.69) is 13.8 Å². The maximum absolute atomic E-state index is 6.62. The number of hydrogen-bond acceptors (Lipinski definition) is 3. The summed E-state index contributed by atoms with van der Waals surface area (Å²) in [5.41, 5.74) is 0. The van der Waals surface area contributed by atoms with Gasteiger partial charge in [0.25, 0.3) is 0 Å². The van der Waals surface area contributed by atoms with Gasteiger partial charge in [0.2, 0.25) is 0 Å². The smallest absolute Gasteiger partial charge is 0.173 e. The van der Waals surface area contributed by atoms with Gasteiger partial charge in [-0.15, -0.1) is 0 Å². The van der Waals surface area contributed by atoms with E-state index in [4.69, 9.17) is 14.2 Å². The molecule has 0 radical (unpaired) electrons. The lowest BCUT2D eigenvalue weighted by Crippen LogP contribution is -2.57. The van der Waals surface area contributed by atoms with Crippen LogP contribution in [0.15, 0.2) is 0 Å². The molecule has 2 aliphatic heterocycles. The summed E-state index contributed by atoms with van der Waals surface area (Å²) in [6, 6.07) is 0. The van der Waals surface area contributed by atoms with Crippen molar-refractivity contribution < 1.29 is 14.2 Å². The van der Waals surface area contributed by atoms with E-state index in [0.29, 0.717) is 0 Å². The molecule has 196 valence electrons. The molecule has 0 spiro atoms. The zero-order valence-corrected chi connectivity index (χ0v) is 22.6. The zero-order chi connectivity index (χ0) is 23.5. The first kappa shape index (κ1) is 29.1. The van der Waals surface area contributed by atoms with E-state index in [1.54, 1.807) is 0 Å². The second kappa shape index (κ2) is 18.2. The Bertz CT molecular complexity index is 402. The Hall–Kier alpha value is -0.120. The van der Waals surface area contributed by atoms with Crippen LogP contribution in [-0.4, -0.2) is 24.8 Å². The quantitative estimate of drug-likeness (QED) is 0.132. The first-order valence-corrected chi connectivity index (χ1v) is 15.2. The highest BCUT2D eigenvalue weighted by Crippen LogP contribution is 2.44. The first-order chi connectivity index (χ1) is 16.2. The van der Waals surface area contributed by atoms with Crippen LogP contribution in [0.4, 0.5) is 0 Å². The summed E-state index contributed by atoms with van der Waals surface area (Å²) in [5, 5.41) is 0. The molecule has 2 aliphatic rings. The fourth-order valence-corrected chi connectivity index (χ4v) is 5.42. The van der Waals surface area contributed by atoms with Crippen LogP contribution in [0.5, 0.6) is 0 Å². The van der Waals surface area contributed by atoms with Crippen molar-refractivity contribution in [2.75, 3.05) is 13.2 Å². The summed E-state index contributed by atoms with van der Waals surface area (Å²) >= 11 is 0. The summed E-state index contributed by atoms with van der Waals surface area (Å²) in [7, 11) is 0. The van der Waals surface area contributed by atoms with Crippen LogP contribution < -0.4 is 0 Å². The van der Waals surface area contributed by atoms with Crippen molar-refractivity contribution in [3.05, 3.63) is 0 Å². The molecule has 0 aromatic rings. The van der Waals surface area contributed by atoms with Crippen molar-refractivity contribution in [3.8, 4) is 0 Å². The molecule has 2 saturated heterocycles. The van der Waals surface area contributed by atoms with E-state index in [9.17, 15) is 0 Å². The summed E-state index contributed by atoms with van der Waals surface area (Å²) in [5.74, 6) is -0.669. The summed E-state index contributed by atoms with van der Waals surface area (Å²) in [4.78, 5) is 0. The molecule has 0 bridgehead atoms. The zero-order valence-electron chi connectivity index (χ0n) is 22.6. The fourth-order valence-electron chi connectivity index (χ4n) is 5.42. The lowest BCUT2D eigenvalue weighted by Gasteiger charge is -2.51. The molecule has 0 N–H and O–H groups in total. The number of rotatable bonds is 24.